The van der Waals surface area contributed by atoms with Crippen molar-refractivity contribution >= 4 is 17.6 Å². The van der Waals surface area contributed by atoms with Gasteiger partial charge in [-0.1, -0.05) is 13.0 Å². The van der Waals surface area contributed by atoms with Crippen LogP contribution in [0.1, 0.15) is 42.0 Å². The second-order valence-corrected chi connectivity index (χ2v) is 8.17. The van der Waals surface area contributed by atoms with Crippen molar-refractivity contribution in [2.45, 2.75) is 45.9 Å². The van der Waals surface area contributed by atoms with E-state index in [9.17, 15) is 27.2 Å². The Labute approximate surface area is 203 Å². The van der Waals surface area contributed by atoms with E-state index in [1.165, 1.54) is 13.0 Å². The van der Waals surface area contributed by atoms with Crippen LogP contribution in [0, 0.1) is 18.6 Å². The van der Waals surface area contributed by atoms with Gasteiger partial charge in [0.25, 0.3) is 5.91 Å². The Morgan fingerprint density at radius 3 is 2.50 bits per heavy atom. The van der Waals surface area contributed by atoms with Crippen molar-refractivity contribution in [1.29, 1.82) is 0 Å². The number of aromatic nitrogens is 2. The van der Waals surface area contributed by atoms with Gasteiger partial charge >= 0.3 is 12.7 Å². The summed E-state index contributed by atoms with van der Waals surface area (Å²) in [4.78, 5) is 28.4. The van der Waals surface area contributed by atoms with Gasteiger partial charge in [0.1, 0.15) is 29.7 Å². The highest BCUT2D eigenvalue weighted by molar-refractivity contribution is 5.95. The highest BCUT2D eigenvalue weighted by atomic mass is 19.3. The fourth-order valence-electron chi connectivity index (χ4n) is 3.45. The molecule has 0 aliphatic rings. The van der Waals surface area contributed by atoms with Crippen LogP contribution in [-0.2, 0) is 6.61 Å². The summed E-state index contributed by atoms with van der Waals surface area (Å²) in [6.07, 6.45) is 0.200. The van der Waals surface area contributed by atoms with E-state index in [-0.39, 0.29) is 40.6 Å². The van der Waals surface area contributed by atoms with E-state index >= 15 is 0 Å². The molecule has 13 heteroatoms. The van der Waals surface area contributed by atoms with Crippen LogP contribution >= 0.6 is 0 Å². The SMILES string of the molecule is CCC(C)(CNC(=O)c1c(C)nc2c(OCc3c(F)cccc3F)cc(OC(F)F)cn12)NC(=O)O. The number of ether oxygens (including phenoxy) is 2. The lowest BCUT2D eigenvalue weighted by Crippen LogP contribution is -2.52. The summed E-state index contributed by atoms with van der Waals surface area (Å²) < 4.78 is 65.1. The van der Waals surface area contributed by atoms with Gasteiger partial charge in [-0.25, -0.2) is 18.6 Å². The van der Waals surface area contributed by atoms with Crippen LogP contribution < -0.4 is 20.1 Å². The fourth-order valence-corrected chi connectivity index (χ4v) is 3.45. The number of amides is 2. The molecule has 1 aromatic carbocycles. The largest absolute Gasteiger partial charge is 0.485 e. The Bertz CT molecular complexity index is 1260. The van der Waals surface area contributed by atoms with Crippen LogP contribution in [0.15, 0.2) is 30.5 Å². The van der Waals surface area contributed by atoms with Crippen molar-refractivity contribution in [3.05, 3.63) is 59.0 Å². The van der Waals surface area contributed by atoms with Gasteiger partial charge in [-0.05, 0) is 32.4 Å². The zero-order valence-electron chi connectivity index (χ0n) is 19.6. The number of carbonyl (C=O) groups is 2. The maximum Gasteiger partial charge on any atom is 0.405 e. The molecular weight excluding hydrogens is 488 g/mol. The Morgan fingerprint density at radius 1 is 1.25 bits per heavy atom. The van der Waals surface area contributed by atoms with Crippen molar-refractivity contribution in [2.75, 3.05) is 6.54 Å². The molecule has 1 atom stereocenters. The van der Waals surface area contributed by atoms with Gasteiger partial charge in [0.15, 0.2) is 11.4 Å². The van der Waals surface area contributed by atoms with Gasteiger partial charge in [-0.3, -0.25) is 9.20 Å². The summed E-state index contributed by atoms with van der Waals surface area (Å²) in [5.74, 6) is -2.95. The molecule has 194 valence electrons. The van der Waals surface area contributed by atoms with E-state index in [0.29, 0.717) is 6.42 Å². The van der Waals surface area contributed by atoms with Gasteiger partial charge in [0.2, 0.25) is 0 Å². The highest BCUT2D eigenvalue weighted by Gasteiger charge is 2.27. The molecule has 0 saturated heterocycles. The number of benzene rings is 1. The van der Waals surface area contributed by atoms with E-state index in [0.717, 1.165) is 28.8 Å². The molecule has 0 bridgehead atoms. The first kappa shape index (κ1) is 26.6. The first-order chi connectivity index (χ1) is 16.9. The van der Waals surface area contributed by atoms with Crippen LogP contribution in [0.2, 0.25) is 0 Å². The van der Waals surface area contributed by atoms with Crippen LogP contribution in [0.25, 0.3) is 5.65 Å². The second kappa shape index (κ2) is 10.7. The molecule has 0 spiro atoms. The lowest BCUT2D eigenvalue weighted by molar-refractivity contribution is -0.0502. The van der Waals surface area contributed by atoms with Gasteiger partial charge in [0, 0.05) is 12.6 Å². The predicted molar refractivity (Wildman–Crippen MR) is 119 cm³/mol. The summed E-state index contributed by atoms with van der Waals surface area (Å²) in [6.45, 7) is 0.959. The van der Waals surface area contributed by atoms with E-state index in [2.05, 4.69) is 20.4 Å². The number of alkyl halides is 2. The average Bonchev–Trinajstić information content (AvgIpc) is 3.12. The third-order valence-corrected chi connectivity index (χ3v) is 5.54. The Hall–Kier alpha value is -4.03. The standard InChI is InChI=1S/C23H24F4N4O5/c1-4-23(3,30-22(33)34)11-28-20(32)18-12(2)29-19-17(8-13(9-31(18)19)36-21(26)27)35-10-14-15(24)6-5-7-16(14)25/h5-9,21,30H,4,10-11H2,1-3H3,(H,28,32)(H,33,34). The van der Waals surface area contributed by atoms with Crippen LogP contribution in [0.4, 0.5) is 22.4 Å². The summed E-state index contributed by atoms with van der Waals surface area (Å²) in [5.41, 5.74) is -1.22. The molecule has 2 aromatic heterocycles. The third kappa shape index (κ3) is 5.96. The molecule has 0 aliphatic carbocycles. The molecule has 3 N–H and O–H groups in total. The quantitative estimate of drug-likeness (QED) is 0.350. The first-order valence-corrected chi connectivity index (χ1v) is 10.8. The average molecular weight is 512 g/mol. The van der Waals surface area contributed by atoms with Crippen LogP contribution in [0.3, 0.4) is 0 Å². The van der Waals surface area contributed by atoms with E-state index in [1.807, 2.05) is 0 Å². The number of halogens is 4. The lowest BCUT2D eigenvalue weighted by Gasteiger charge is -2.28. The number of aryl methyl sites for hydroxylation is 1. The molecular formula is C23H24F4N4O5. The lowest BCUT2D eigenvalue weighted by atomic mass is 9.99. The number of pyridine rings is 1. The van der Waals surface area contributed by atoms with Gasteiger partial charge in [-0.2, -0.15) is 8.78 Å². The van der Waals surface area contributed by atoms with E-state index in [1.54, 1.807) is 13.8 Å². The summed E-state index contributed by atoms with van der Waals surface area (Å²) in [7, 11) is 0. The summed E-state index contributed by atoms with van der Waals surface area (Å²) >= 11 is 0. The van der Waals surface area contributed by atoms with Crippen molar-refractivity contribution < 1.29 is 41.7 Å². The maximum absolute atomic E-state index is 14.0. The van der Waals surface area contributed by atoms with Crippen molar-refractivity contribution in [2.24, 2.45) is 0 Å². The smallest absolute Gasteiger partial charge is 0.405 e. The summed E-state index contributed by atoms with van der Waals surface area (Å²) in [5, 5.41) is 14.0. The monoisotopic (exact) mass is 512 g/mol. The molecule has 0 radical (unpaired) electrons. The van der Waals surface area contributed by atoms with Crippen molar-refractivity contribution in [1.82, 2.24) is 20.0 Å². The van der Waals surface area contributed by atoms with Gasteiger partial charge in [0.05, 0.1) is 23.0 Å². The fraction of sp³-hybridized carbons (Fsp3) is 0.348. The highest BCUT2D eigenvalue weighted by Crippen LogP contribution is 2.30. The molecule has 9 nitrogen and oxygen atoms in total. The molecule has 2 heterocycles. The first-order valence-electron chi connectivity index (χ1n) is 10.8. The van der Waals surface area contributed by atoms with Gasteiger partial charge < -0.3 is 25.2 Å². The molecule has 0 saturated carbocycles. The zero-order valence-corrected chi connectivity index (χ0v) is 19.6. The molecule has 36 heavy (non-hydrogen) atoms. The topological polar surface area (TPSA) is 114 Å². The Balaban J connectivity index is 1.98. The summed E-state index contributed by atoms with van der Waals surface area (Å²) in [6, 6.07) is 4.33. The van der Waals surface area contributed by atoms with Crippen molar-refractivity contribution in [3.8, 4) is 11.5 Å². The minimum Gasteiger partial charge on any atom is -0.485 e. The Morgan fingerprint density at radius 2 is 1.92 bits per heavy atom. The van der Waals surface area contributed by atoms with Crippen LogP contribution in [0.5, 0.6) is 11.5 Å². The number of carboxylic acid groups (broad SMARTS) is 1. The number of nitrogens with zero attached hydrogens (tertiary/aromatic N) is 2. The molecule has 2 amide bonds. The Kier molecular flexibility index (Phi) is 7.90. The number of hydrogen-bond donors (Lipinski definition) is 3. The molecule has 1 unspecified atom stereocenters. The normalized spacial score (nSPS) is 12.9. The number of nitrogens with one attached hydrogen (secondary N) is 2. The number of hydrogen-bond acceptors (Lipinski definition) is 5. The molecule has 3 aromatic rings. The predicted octanol–water partition coefficient (Wildman–Crippen LogP) is 4.27. The number of rotatable bonds is 10. The minimum atomic E-state index is -3.20. The zero-order chi connectivity index (χ0) is 26.6. The molecule has 0 fully saturated rings. The second-order valence-electron chi connectivity index (χ2n) is 8.17. The van der Waals surface area contributed by atoms with Gasteiger partial charge in [-0.15, -0.1) is 0 Å². The maximum atomic E-state index is 14.0. The molecule has 3 rings (SSSR count). The number of carbonyl (C=O) groups excluding carboxylic acids is 1. The van der Waals surface area contributed by atoms with E-state index < -0.39 is 42.4 Å². The molecule has 0 aliphatic heterocycles. The minimum absolute atomic E-state index is 0.0120. The van der Waals surface area contributed by atoms with Crippen LogP contribution in [-0.4, -0.2) is 45.2 Å². The van der Waals surface area contributed by atoms with E-state index in [4.69, 9.17) is 9.84 Å². The van der Waals surface area contributed by atoms with Crippen molar-refractivity contribution in [3.63, 3.8) is 0 Å². The number of fused-ring (bicyclic) bond motifs is 1. The number of imidazole rings is 1. The third-order valence-electron chi connectivity index (χ3n) is 5.54.